The van der Waals surface area contributed by atoms with Crippen LogP contribution in [0.25, 0.3) is 0 Å². The molecule has 0 aliphatic rings. The molecule has 0 fully saturated rings. The van der Waals surface area contributed by atoms with Crippen molar-refractivity contribution >= 4 is 34.8 Å². The summed E-state index contributed by atoms with van der Waals surface area (Å²) in [5.41, 5.74) is 8.06. The van der Waals surface area contributed by atoms with Crippen molar-refractivity contribution in [3.63, 3.8) is 0 Å². The van der Waals surface area contributed by atoms with E-state index >= 15 is 0 Å². The van der Waals surface area contributed by atoms with Crippen LogP contribution in [0.15, 0.2) is 24.4 Å². The van der Waals surface area contributed by atoms with E-state index in [-0.39, 0.29) is 6.04 Å². The molecule has 21 heavy (non-hydrogen) atoms. The third-order valence-corrected chi connectivity index (χ3v) is 4.16. The van der Waals surface area contributed by atoms with Crippen LogP contribution in [-0.2, 0) is 17.7 Å². The zero-order valence-electron chi connectivity index (χ0n) is 11.5. The molecule has 0 amide bonds. The third-order valence-electron chi connectivity index (χ3n) is 3.13. The Morgan fingerprint density at radius 2 is 2.00 bits per heavy atom. The fraction of sp³-hybridized carbons (Fsp3) is 0.357. The van der Waals surface area contributed by atoms with Crippen LogP contribution >= 0.6 is 34.8 Å². The van der Waals surface area contributed by atoms with E-state index in [4.69, 9.17) is 45.3 Å². The van der Waals surface area contributed by atoms with Gasteiger partial charge in [-0.3, -0.25) is 4.68 Å². The molecule has 0 radical (unpaired) electrons. The van der Waals surface area contributed by atoms with Crippen LogP contribution in [0.1, 0.15) is 17.3 Å². The van der Waals surface area contributed by atoms with Gasteiger partial charge in [0.1, 0.15) is 0 Å². The van der Waals surface area contributed by atoms with E-state index in [1.807, 2.05) is 12.1 Å². The number of ether oxygens (including phenoxy) is 1. The van der Waals surface area contributed by atoms with Gasteiger partial charge < -0.3 is 10.5 Å². The van der Waals surface area contributed by atoms with Crippen molar-refractivity contribution in [2.24, 2.45) is 5.73 Å². The minimum absolute atomic E-state index is 0.283. The van der Waals surface area contributed by atoms with Crippen molar-refractivity contribution in [3.8, 4) is 0 Å². The average molecular weight is 349 g/mol. The Kier molecular flexibility index (Phi) is 5.90. The van der Waals surface area contributed by atoms with E-state index < -0.39 is 0 Å². The first-order valence-electron chi connectivity index (χ1n) is 6.42. The molecule has 0 spiro atoms. The lowest BCUT2D eigenvalue weighted by molar-refractivity contribution is 0.182. The molecular formula is C14H16Cl3N3O. The summed E-state index contributed by atoms with van der Waals surface area (Å²) in [6, 6.07) is 5.19. The van der Waals surface area contributed by atoms with E-state index in [0.29, 0.717) is 34.6 Å². The molecule has 4 nitrogen and oxygen atoms in total. The molecule has 114 valence electrons. The highest BCUT2D eigenvalue weighted by Crippen LogP contribution is 2.27. The predicted molar refractivity (Wildman–Crippen MR) is 86.2 cm³/mol. The molecule has 1 heterocycles. The zero-order valence-corrected chi connectivity index (χ0v) is 13.8. The Morgan fingerprint density at radius 3 is 2.67 bits per heavy atom. The molecule has 0 aliphatic heterocycles. The maximum atomic E-state index is 6.27. The van der Waals surface area contributed by atoms with Crippen LogP contribution in [0.3, 0.4) is 0 Å². The summed E-state index contributed by atoms with van der Waals surface area (Å²) in [4.78, 5) is 0. The molecule has 2 N–H and O–H groups in total. The quantitative estimate of drug-likeness (QED) is 0.865. The Bertz CT molecular complexity index is 616. The van der Waals surface area contributed by atoms with E-state index in [9.17, 15) is 0 Å². The molecule has 1 atom stereocenters. The SMILES string of the molecule is COCCn1ncc(Cl)c1C(N)Cc1ccc(Cl)c(Cl)c1. The molecule has 0 aliphatic carbocycles. The van der Waals surface area contributed by atoms with Crippen molar-refractivity contribution < 1.29 is 4.74 Å². The highest BCUT2D eigenvalue weighted by atomic mass is 35.5. The van der Waals surface area contributed by atoms with E-state index in [1.165, 1.54) is 0 Å². The van der Waals surface area contributed by atoms with Gasteiger partial charge in [-0.15, -0.1) is 0 Å². The normalized spacial score (nSPS) is 12.6. The van der Waals surface area contributed by atoms with Gasteiger partial charge in [0.15, 0.2) is 0 Å². The topological polar surface area (TPSA) is 53.1 Å². The summed E-state index contributed by atoms with van der Waals surface area (Å²) < 4.78 is 6.83. The standard InChI is InChI=1S/C14H16Cl3N3O/c1-21-5-4-20-14(12(17)8-19-20)13(18)7-9-2-3-10(15)11(16)6-9/h2-3,6,8,13H,4-5,7,18H2,1H3. The molecular weight excluding hydrogens is 333 g/mol. The minimum Gasteiger partial charge on any atom is -0.383 e. The van der Waals surface area contributed by atoms with Crippen molar-refractivity contribution in [1.29, 1.82) is 0 Å². The highest BCUT2D eigenvalue weighted by molar-refractivity contribution is 6.42. The number of methoxy groups -OCH3 is 1. The van der Waals surface area contributed by atoms with E-state index in [1.54, 1.807) is 24.1 Å². The fourth-order valence-corrected chi connectivity index (χ4v) is 2.72. The Morgan fingerprint density at radius 1 is 1.24 bits per heavy atom. The lowest BCUT2D eigenvalue weighted by Gasteiger charge is -2.15. The van der Waals surface area contributed by atoms with Gasteiger partial charge in [-0.05, 0) is 24.1 Å². The van der Waals surface area contributed by atoms with Gasteiger partial charge in [-0.1, -0.05) is 40.9 Å². The summed E-state index contributed by atoms with van der Waals surface area (Å²) >= 11 is 18.1. The number of rotatable bonds is 6. The minimum atomic E-state index is -0.283. The molecule has 0 saturated carbocycles. The molecule has 7 heteroatoms. The molecule has 1 aromatic carbocycles. The monoisotopic (exact) mass is 347 g/mol. The van der Waals surface area contributed by atoms with Crippen LogP contribution < -0.4 is 5.73 Å². The third kappa shape index (κ3) is 4.11. The van der Waals surface area contributed by atoms with Crippen molar-refractivity contribution in [1.82, 2.24) is 9.78 Å². The second-order valence-electron chi connectivity index (χ2n) is 4.65. The summed E-state index contributed by atoms with van der Waals surface area (Å²) in [6.07, 6.45) is 2.19. The number of nitrogens with zero attached hydrogens (tertiary/aromatic N) is 2. The van der Waals surface area contributed by atoms with E-state index in [2.05, 4.69) is 5.10 Å². The second-order valence-corrected chi connectivity index (χ2v) is 5.87. The van der Waals surface area contributed by atoms with Gasteiger partial charge in [0.05, 0.1) is 46.2 Å². The Hall–Kier alpha value is -0.780. The number of hydrogen-bond acceptors (Lipinski definition) is 3. The predicted octanol–water partition coefficient (Wildman–Crippen LogP) is 3.73. The van der Waals surface area contributed by atoms with Crippen LogP contribution in [0.2, 0.25) is 15.1 Å². The number of benzene rings is 1. The van der Waals surface area contributed by atoms with Gasteiger partial charge in [0, 0.05) is 7.11 Å². The Balaban J connectivity index is 2.17. The average Bonchev–Trinajstić information content (AvgIpc) is 2.81. The van der Waals surface area contributed by atoms with Gasteiger partial charge in [0.25, 0.3) is 0 Å². The van der Waals surface area contributed by atoms with Crippen LogP contribution in [-0.4, -0.2) is 23.5 Å². The lowest BCUT2D eigenvalue weighted by atomic mass is 10.0. The van der Waals surface area contributed by atoms with Crippen molar-refractivity contribution in [2.45, 2.75) is 19.0 Å². The summed E-state index contributed by atoms with van der Waals surface area (Å²) in [6.45, 7) is 1.15. The molecule has 1 aromatic heterocycles. The van der Waals surface area contributed by atoms with Gasteiger partial charge in [0.2, 0.25) is 0 Å². The van der Waals surface area contributed by atoms with Crippen molar-refractivity contribution in [3.05, 3.63) is 50.7 Å². The maximum absolute atomic E-state index is 6.27. The Labute approximate surface area is 138 Å². The molecule has 0 bridgehead atoms. The smallest absolute Gasteiger partial charge is 0.0834 e. The summed E-state index contributed by atoms with van der Waals surface area (Å²) in [5, 5.41) is 5.82. The maximum Gasteiger partial charge on any atom is 0.0834 e. The van der Waals surface area contributed by atoms with Crippen LogP contribution in [0.5, 0.6) is 0 Å². The molecule has 2 aromatic rings. The first-order chi connectivity index (χ1) is 10.0. The summed E-state index contributed by atoms with van der Waals surface area (Å²) in [7, 11) is 1.64. The van der Waals surface area contributed by atoms with Crippen LogP contribution in [0.4, 0.5) is 0 Å². The number of aromatic nitrogens is 2. The van der Waals surface area contributed by atoms with E-state index in [0.717, 1.165) is 11.3 Å². The zero-order chi connectivity index (χ0) is 15.4. The number of nitrogens with two attached hydrogens (primary N) is 1. The molecule has 2 rings (SSSR count). The van der Waals surface area contributed by atoms with Crippen LogP contribution in [0, 0.1) is 0 Å². The lowest BCUT2D eigenvalue weighted by Crippen LogP contribution is -2.20. The first-order valence-corrected chi connectivity index (χ1v) is 7.56. The number of hydrogen-bond donors (Lipinski definition) is 1. The number of halogens is 3. The van der Waals surface area contributed by atoms with Crippen molar-refractivity contribution in [2.75, 3.05) is 13.7 Å². The highest BCUT2D eigenvalue weighted by Gasteiger charge is 2.17. The van der Waals surface area contributed by atoms with Gasteiger partial charge in [-0.25, -0.2) is 0 Å². The second kappa shape index (κ2) is 7.47. The largest absolute Gasteiger partial charge is 0.383 e. The molecule has 0 saturated heterocycles. The summed E-state index contributed by atoms with van der Waals surface area (Å²) in [5.74, 6) is 0. The molecule has 1 unspecified atom stereocenters. The fourth-order valence-electron chi connectivity index (χ4n) is 2.11. The van der Waals surface area contributed by atoms with Gasteiger partial charge in [-0.2, -0.15) is 5.10 Å². The first kappa shape index (κ1) is 16.6. The van der Waals surface area contributed by atoms with Gasteiger partial charge >= 0.3 is 0 Å².